The van der Waals surface area contributed by atoms with Crippen molar-refractivity contribution in [2.24, 2.45) is 11.8 Å². The van der Waals surface area contributed by atoms with Gasteiger partial charge in [-0.2, -0.15) is 0 Å². The van der Waals surface area contributed by atoms with E-state index in [9.17, 15) is 14.4 Å². The first-order chi connectivity index (χ1) is 12.5. The Labute approximate surface area is 152 Å². The minimum absolute atomic E-state index is 0.00543. The van der Waals surface area contributed by atoms with Gasteiger partial charge in [0.25, 0.3) is 5.91 Å². The Morgan fingerprint density at radius 3 is 2.38 bits per heavy atom. The number of amides is 2. The highest BCUT2D eigenvalue weighted by atomic mass is 16.5. The molecule has 2 aliphatic rings. The molecule has 0 atom stereocenters. The van der Waals surface area contributed by atoms with E-state index in [1.165, 1.54) is 0 Å². The molecule has 0 aliphatic heterocycles. The van der Waals surface area contributed by atoms with Crippen molar-refractivity contribution in [1.82, 2.24) is 5.32 Å². The fourth-order valence-corrected chi connectivity index (χ4v) is 3.16. The lowest BCUT2D eigenvalue weighted by molar-refractivity contribution is -0.142. The summed E-state index contributed by atoms with van der Waals surface area (Å²) in [5.41, 5.74) is 0.659. The maximum atomic E-state index is 12.0. The molecule has 2 amide bonds. The molecular weight excluding hydrogens is 336 g/mol. The summed E-state index contributed by atoms with van der Waals surface area (Å²) in [5, 5.41) is 14.7. The van der Waals surface area contributed by atoms with Crippen LogP contribution in [0, 0.1) is 11.8 Å². The molecule has 0 aromatic heterocycles. The van der Waals surface area contributed by atoms with Crippen molar-refractivity contribution >= 4 is 23.5 Å². The van der Waals surface area contributed by atoms with Gasteiger partial charge in [-0.1, -0.05) is 6.07 Å². The van der Waals surface area contributed by atoms with Crippen molar-refractivity contribution in [3.63, 3.8) is 0 Å². The Kier molecular flexibility index (Phi) is 5.75. The number of carboxylic acid groups (broad SMARTS) is 1. The summed E-state index contributed by atoms with van der Waals surface area (Å²) in [6, 6.07) is 6.99. The maximum Gasteiger partial charge on any atom is 0.306 e. The van der Waals surface area contributed by atoms with Crippen LogP contribution in [0.1, 0.15) is 38.5 Å². The largest absolute Gasteiger partial charge is 0.484 e. The van der Waals surface area contributed by atoms with E-state index in [1.807, 2.05) is 0 Å². The van der Waals surface area contributed by atoms with Crippen LogP contribution in [-0.2, 0) is 14.4 Å². The monoisotopic (exact) mass is 360 g/mol. The van der Waals surface area contributed by atoms with Crippen molar-refractivity contribution < 1.29 is 24.2 Å². The van der Waals surface area contributed by atoms with Crippen LogP contribution in [0.5, 0.6) is 5.75 Å². The first-order valence-corrected chi connectivity index (χ1v) is 9.07. The lowest BCUT2D eigenvalue weighted by Gasteiger charge is -2.26. The third-order valence-electron chi connectivity index (χ3n) is 4.86. The molecule has 140 valence electrons. The van der Waals surface area contributed by atoms with Crippen molar-refractivity contribution in [2.45, 2.75) is 44.6 Å². The quantitative estimate of drug-likeness (QED) is 0.691. The highest BCUT2D eigenvalue weighted by molar-refractivity contribution is 5.94. The number of rotatable bonds is 7. The van der Waals surface area contributed by atoms with E-state index in [2.05, 4.69) is 10.6 Å². The van der Waals surface area contributed by atoms with Crippen LogP contribution in [0.2, 0.25) is 0 Å². The molecular formula is C19H24N2O5. The topological polar surface area (TPSA) is 105 Å². The highest BCUT2D eigenvalue weighted by Gasteiger charge is 2.29. The summed E-state index contributed by atoms with van der Waals surface area (Å²) in [6.07, 6.45) is 4.40. The van der Waals surface area contributed by atoms with E-state index < -0.39 is 5.97 Å². The standard InChI is InChI=1S/C19H24N2O5/c22-17(20-14-8-6-13(7-9-14)19(24)25)11-26-16-3-1-2-15(10-16)21-18(23)12-4-5-12/h1-3,10,12-14H,4-9,11H2,(H,20,22)(H,21,23)(H,24,25). The molecule has 3 rings (SSSR count). The van der Waals surface area contributed by atoms with Gasteiger partial charge in [-0.3, -0.25) is 14.4 Å². The molecule has 0 spiro atoms. The third-order valence-corrected chi connectivity index (χ3v) is 4.86. The summed E-state index contributed by atoms with van der Waals surface area (Å²) >= 11 is 0. The molecule has 0 unspecified atom stereocenters. The number of ether oxygens (including phenoxy) is 1. The van der Waals surface area contributed by atoms with E-state index in [0.717, 1.165) is 12.8 Å². The Balaban J connectivity index is 1.41. The van der Waals surface area contributed by atoms with E-state index in [0.29, 0.717) is 37.1 Å². The number of anilines is 1. The first-order valence-electron chi connectivity index (χ1n) is 9.07. The number of carboxylic acids is 1. The summed E-state index contributed by atoms with van der Waals surface area (Å²) in [6.45, 7) is -0.112. The predicted molar refractivity (Wildman–Crippen MR) is 94.8 cm³/mol. The average molecular weight is 360 g/mol. The van der Waals surface area contributed by atoms with Gasteiger partial charge in [-0.05, 0) is 50.7 Å². The van der Waals surface area contributed by atoms with E-state index in [4.69, 9.17) is 9.84 Å². The van der Waals surface area contributed by atoms with Gasteiger partial charge in [0.1, 0.15) is 5.75 Å². The molecule has 0 saturated heterocycles. The fourth-order valence-electron chi connectivity index (χ4n) is 3.16. The van der Waals surface area contributed by atoms with Crippen LogP contribution in [-0.4, -0.2) is 35.5 Å². The normalized spacial score (nSPS) is 22.3. The number of nitrogens with one attached hydrogen (secondary N) is 2. The first kappa shape index (κ1) is 18.2. The Morgan fingerprint density at radius 1 is 1.04 bits per heavy atom. The minimum Gasteiger partial charge on any atom is -0.484 e. The number of aliphatic carboxylic acids is 1. The zero-order valence-corrected chi connectivity index (χ0v) is 14.6. The van der Waals surface area contributed by atoms with Crippen molar-refractivity contribution in [3.05, 3.63) is 24.3 Å². The Morgan fingerprint density at radius 2 is 1.73 bits per heavy atom. The molecule has 7 nitrogen and oxygen atoms in total. The molecule has 1 aromatic rings. The number of benzene rings is 1. The molecule has 2 saturated carbocycles. The van der Waals surface area contributed by atoms with Crippen molar-refractivity contribution in [2.75, 3.05) is 11.9 Å². The Bertz CT molecular complexity index is 678. The molecule has 1 aromatic carbocycles. The SMILES string of the molecule is O=C(COc1cccc(NC(=O)C2CC2)c1)NC1CCC(C(=O)O)CC1. The smallest absolute Gasteiger partial charge is 0.306 e. The van der Waals surface area contributed by atoms with Gasteiger partial charge in [0, 0.05) is 23.7 Å². The summed E-state index contributed by atoms with van der Waals surface area (Å²) < 4.78 is 5.51. The third kappa shape index (κ3) is 5.21. The van der Waals surface area contributed by atoms with Gasteiger partial charge in [0.05, 0.1) is 5.92 Å². The second kappa shape index (κ2) is 8.21. The van der Waals surface area contributed by atoms with Gasteiger partial charge in [-0.15, -0.1) is 0 Å². The molecule has 7 heteroatoms. The van der Waals surface area contributed by atoms with Gasteiger partial charge in [-0.25, -0.2) is 0 Å². The number of hydrogen-bond donors (Lipinski definition) is 3. The van der Waals surface area contributed by atoms with Crippen LogP contribution in [0.25, 0.3) is 0 Å². The molecule has 26 heavy (non-hydrogen) atoms. The van der Waals surface area contributed by atoms with Gasteiger partial charge < -0.3 is 20.5 Å². The van der Waals surface area contributed by atoms with E-state index >= 15 is 0 Å². The van der Waals surface area contributed by atoms with Crippen molar-refractivity contribution in [1.29, 1.82) is 0 Å². The van der Waals surface area contributed by atoms with E-state index in [-0.39, 0.29) is 36.3 Å². The molecule has 3 N–H and O–H groups in total. The van der Waals surface area contributed by atoms with Gasteiger partial charge in [0.15, 0.2) is 6.61 Å². The van der Waals surface area contributed by atoms with Crippen molar-refractivity contribution in [3.8, 4) is 5.75 Å². The molecule has 0 heterocycles. The lowest BCUT2D eigenvalue weighted by atomic mass is 9.86. The highest BCUT2D eigenvalue weighted by Crippen LogP contribution is 2.30. The predicted octanol–water partition coefficient (Wildman–Crippen LogP) is 2.17. The molecule has 0 bridgehead atoms. The number of carbonyl (C=O) groups is 3. The van der Waals surface area contributed by atoms with Crippen LogP contribution in [0.4, 0.5) is 5.69 Å². The summed E-state index contributed by atoms with van der Waals surface area (Å²) in [5.74, 6) is -0.613. The van der Waals surface area contributed by atoms with Crippen LogP contribution >= 0.6 is 0 Å². The lowest BCUT2D eigenvalue weighted by Crippen LogP contribution is -2.40. The minimum atomic E-state index is -0.758. The summed E-state index contributed by atoms with van der Waals surface area (Å²) in [4.78, 5) is 34.8. The maximum absolute atomic E-state index is 12.0. The molecule has 0 radical (unpaired) electrons. The fraction of sp³-hybridized carbons (Fsp3) is 0.526. The second-order valence-electron chi connectivity index (χ2n) is 7.03. The van der Waals surface area contributed by atoms with E-state index in [1.54, 1.807) is 24.3 Å². The summed E-state index contributed by atoms with van der Waals surface area (Å²) in [7, 11) is 0. The van der Waals surface area contributed by atoms with Crippen LogP contribution in [0.3, 0.4) is 0 Å². The van der Waals surface area contributed by atoms with Gasteiger partial charge in [0.2, 0.25) is 5.91 Å². The van der Waals surface area contributed by atoms with Crippen LogP contribution < -0.4 is 15.4 Å². The molecule has 2 aliphatic carbocycles. The van der Waals surface area contributed by atoms with Gasteiger partial charge >= 0.3 is 5.97 Å². The zero-order valence-electron chi connectivity index (χ0n) is 14.6. The number of hydrogen-bond acceptors (Lipinski definition) is 4. The zero-order chi connectivity index (χ0) is 18.5. The number of carbonyl (C=O) groups excluding carboxylic acids is 2. The second-order valence-corrected chi connectivity index (χ2v) is 7.03. The Hall–Kier alpha value is -2.57. The molecule has 2 fully saturated rings. The van der Waals surface area contributed by atoms with Crippen LogP contribution in [0.15, 0.2) is 24.3 Å². The average Bonchev–Trinajstić information content (AvgIpc) is 3.46.